The summed E-state index contributed by atoms with van der Waals surface area (Å²) in [6, 6.07) is 5.44. The molecule has 1 aromatic carbocycles. The molecule has 0 bridgehead atoms. The zero-order valence-corrected chi connectivity index (χ0v) is 14.6. The van der Waals surface area contributed by atoms with Crippen LogP contribution >= 0.6 is 15.9 Å². The van der Waals surface area contributed by atoms with Gasteiger partial charge in [0.1, 0.15) is 15.6 Å². The number of nitrogens with one attached hydrogen (secondary N) is 1. The van der Waals surface area contributed by atoms with Crippen molar-refractivity contribution in [3.63, 3.8) is 0 Å². The van der Waals surface area contributed by atoms with E-state index in [1.54, 1.807) is 0 Å². The number of rotatable bonds is 8. The Morgan fingerprint density at radius 1 is 1.35 bits per heavy atom. The van der Waals surface area contributed by atoms with Gasteiger partial charge < -0.3 is 10.1 Å². The lowest BCUT2D eigenvalue weighted by Gasteiger charge is -2.20. The highest BCUT2D eigenvalue weighted by Gasteiger charge is 2.19. The Labute approximate surface area is 130 Å². The van der Waals surface area contributed by atoms with Crippen LogP contribution in [-0.2, 0) is 9.84 Å². The number of benzene rings is 1. The monoisotopic (exact) mass is 363 g/mol. The quantitative estimate of drug-likeness (QED) is 0.771. The van der Waals surface area contributed by atoms with Crippen molar-refractivity contribution in [1.82, 2.24) is 5.32 Å². The number of sulfone groups is 1. The Morgan fingerprint density at radius 3 is 2.55 bits per heavy atom. The fraction of sp³-hybridized carbons (Fsp3) is 0.571. The van der Waals surface area contributed by atoms with Gasteiger partial charge in [-0.25, -0.2) is 8.42 Å². The second-order valence-corrected chi connectivity index (χ2v) is 7.75. The van der Waals surface area contributed by atoms with Crippen LogP contribution in [0.25, 0.3) is 0 Å². The topological polar surface area (TPSA) is 55.4 Å². The SMILES string of the molecule is CCCNC(CS(C)(=O)=O)c1ccc(OCC)cc1Br. The highest BCUT2D eigenvalue weighted by molar-refractivity contribution is 9.10. The molecule has 0 aromatic heterocycles. The molecule has 1 atom stereocenters. The van der Waals surface area contributed by atoms with Crippen LogP contribution in [0.1, 0.15) is 31.9 Å². The third-order valence-electron chi connectivity index (χ3n) is 2.77. The largest absolute Gasteiger partial charge is 0.494 e. The number of hydrogen-bond acceptors (Lipinski definition) is 4. The third kappa shape index (κ3) is 5.81. The normalized spacial score (nSPS) is 13.2. The van der Waals surface area contributed by atoms with Gasteiger partial charge in [-0.1, -0.05) is 28.9 Å². The van der Waals surface area contributed by atoms with Crippen LogP contribution in [0.5, 0.6) is 5.75 Å². The van der Waals surface area contributed by atoms with Crippen molar-refractivity contribution < 1.29 is 13.2 Å². The van der Waals surface area contributed by atoms with Crippen LogP contribution in [0, 0.1) is 0 Å². The molecule has 0 saturated heterocycles. The lowest BCUT2D eigenvalue weighted by atomic mass is 10.1. The molecule has 6 heteroatoms. The van der Waals surface area contributed by atoms with Gasteiger partial charge in [0, 0.05) is 16.8 Å². The van der Waals surface area contributed by atoms with E-state index in [0.29, 0.717) is 6.61 Å². The number of hydrogen-bond donors (Lipinski definition) is 1. The van der Waals surface area contributed by atoms with Gasteiger partial charge >= 0.3 is 0 Å². The van der Waals surface area contributed by atoms with Crippen LogP contribution in [-0.4, -0.2) is 33.6 Å². The maximum atomic E-state index is 11.6. The molecule has 0 heterocycles. The summed E-state index contributed by atoms with van der Waals surface area (Å²) in [7, 11) is -3.05. The zero-order chi connectivity index (χ0) is 15.2. The number of halogens is 1. The molecule has 1 unspecified atom stereocenters. The van der Waals surface area contributed by atoms with E-state index in [1.165, 1.54) is 6.26 Å². The standard InChI is InChI=1S/C14H22BrNO3S/c1-4-8-16-14(10-20(3,17)18)12-7-6-11(19-5-2)9-13(12)15/h6-7,9,14,16H,4-5,8,10H2,1-3H3. The van der Waals surface area contributed by atoms with E-state index in [4.69, 9.17) is 4.74 Å². The van der Waals surface area contributed by atoms with Gasteiger partial charge in [-0.15, -0.1) is 0 Å². The average Bonchev–Trinajstić information content (AvgIpc) is 2.34. The molecule has 0 radical (unpaired) electrons. The van der Waals surface area contributed by atoms with Gasteiger partial charge in [0.2, 0.25) is 0 Å². The van der Waals surface area contributed by atoms with E-state index < -0.39 is 9.84 Å². The molecule has 1 rings (SSSR count). The lowest BCUT2D eigenvalue weighted by Crippen LogP contribution is -2.28. The summed E-state index contributed by atoms with van der Waals surface area (Å²) in [5.41, 5.74) is 0.937. The van der Waals surface area contributed by atoms with Crippen LogP contribution in [0.3, 0.4) is 0 Å². The minimum absolute atomic E-state index is 0.0829. The molecule has 1 aromatic rings. The Kier molecular flexibility index (Phi) is 6.99. The van der Waals surface area contributed by atoms with E-state index in [9.17, 15) is 8.42 Å². The first-order valence-corrected chi connectivity index (χ1v) is 9.56. The molecule has 1 N–H and O–H groups in total. The molecular formula is C14H22BrNO3S. The van der Waals surface area contributed by atoms with E-state index in [-0.39, 0.29) is 11.8 Å². The van der Waals surface area contributed by atoms with Crippen molar-refractivity contribution in [3.05, 3.63) is 28.2 Å². The van der Waals surface area contributed by atoms with Crippen LogP contribution in [0.4, 0.5) is 0 Å². The van der Waals surface area contributed by atoms with E-state index in [0.717, 1.165) is 28.8 Å². The van der Waals surface area contributed by atoms with E-state index in [1.807, 2.05) is 25.1 Å². The predicted molar refractivity (Wildman–Crippen MR) is 86.1 cm³/mol. The second kappa shape index (κ2) is 8.00. The molecule has 114 valence electrons. The first kappa shape index (κ1) is 17.5. The van der Waals surface area contributed by atoms with Crippen molar-refractivity contribution in [1.29, 1.82) is 0 Å². The molecular weight excluding hydrogens is 342 g/mol. The van der Waals surface area contributed by atoms with Gasteiger partial charge in [0.05, 0.1) is 12.4 Å². The van der Waals surface area contributed by atoms with Crippen LogP contribution in [0.2, 0.25) is 0 Å². The summed E-state index contributed by atoms with van der Waals surface area (Å²) >= 11 is 3.50. The molecule has 0 amide bonds. The van der Waals surface area contributed by atoms with Gasteiger partial charge in [0.25, 0.3) is 0 Å². The van der Waals surface area contributed by atoms with Crippen LogP contribution in [0.15, 0.2) is 22.7 Å². The van der Waals surface area contributed by atoms with Crippen molar-refractivity contribution in [2.75, 3.05) is 25.2 Å². The molecule has 4 nitrogen and oxygen atoms in total. The van der Waals surface area contributed by atoms with E-state index >= 15 is 0 Å². The molecule has 0 fully saturated rings. The molecule has 0 aliphatic heterocycles. The highest BCUT2D eigenvalue weighted by atomic mass is 79.9. The minimum atomic E-state index is -3.05. The summed E-state index contributed by atoms with van der Waals surface area (Å²) in [5, 5.41) is 3.28. The maximum absolute atomic E-state index is 11.6. The molecule has 20 heavy (non-hydrogen) atoms. The van der Waals surface area contributed by atoms with Crippen molar-refractivity contribution in [2.24, 2.45) is 0 Å². The summed E-state index contributed by atoms with van der Waals surface area (Å²) in [4.78, 5) is 0. The Balaban J connectivity index is 3.00. The highest BCUT2D eigenvalue weighted by Crippen LogP contribution is 2.28. The average molecular weight is 364 g/mol. The number of ether oxygens (including phenoxy) is 1. The Hall–Kier alpha value is -0.590. The minimum Gasteiger partial charge on any atom is -0.494 e. The second-order valence-electron chi connectivity index (χ2n) is 4.72. The predicted octanol–water partition coefficient (Wildman–Crippen LogP) is 2.93. The summed E-state index contributed by atoms with van der Waals surface area (Å²) in [5.74, 6) is 0.858. The Bertz CT molecular complexity index is 531. The first-order chi connectivity index (χ1) is 9.37. The van der Waals surface area contributed by atoms with Crippen LogP contribution < -0.4 is 10.1 Å². The maximum Gasteiger partial charge on any atom is 0.149 e. The van der Waals surface area contributed by atoms with Gasteiger partial charge in [-0.05, 0) is 37.6 Å². The Morgan fingerprint density at radius 2 is 2.05 bits per heavy atom. The molecule has 0 aliphatic rings. The van der Waals surface area contributed by atoms with Crippen molar-refractivity contribution in [3.8, 4) is 5.75 Å². The van der Waals surface area contributed by atoms with Gasteiger partial charge in [-0.3, -0.25) is 0 Å². The molecule has 0 aliphatic carbocycles. The van der Waals surface area contributed by atoms with E-state index in [2.05, 4.69) is 28.2 Å². The smallest absolute Gasteiger partial charge is 0.149 e. The fourth-order valence-electron chi connectivity index (χ4n) is 1.93. The van der Waals surface area contributed by atoms with Crippen molar-refractivity contribution >= 4 is 25.8 Å². The zero-order valence-electron chi connectivity index (χ0n) is 12.1. The fourth-order valence-corrected chi connectivity index (χ4v) is 3.46. The molecule has 0 saturated carbocycles. The van der Waals surface area contributed by atoms with Gasteiger partial charge in [-0.2, -0.15) is 0 Å². The molecule has 0 spiro atoms. The summed E-state index contributed by atoms with van der Waals surface area (Å²) in [6.07, 6.45) is 2.21. The third-order valence-corrected chi connectivity index (χ3v) is 4.39. The first-order valence-electron chi connectivity index (χ1n) is 6.70. The summed E-state index contributed by atoms with van der Waals surface area (Å²) in [6.45, 7) is 5.36. The van der Waals surface area contributed by atoms with Crippen molar-refractivity contribution in [2.45, 2.75) is 26.3 Å². The van der Waals surface area contributed by atoms with Gasteiger partial charge in [0.15, 0.2) is 0 Å². The lowest BCUT2D eigenvalue weighted by molar-refractivity contribution is 0.340. The summed E-state index contributed by atoms with van der Waals surface area (Å²) < 4.78 is 29.5.